The van der Waals surface area contributed by atoms with E-state index in [1.807, 2.05) is 0 Å². The third-order valence-electron chi connectivity index (χ3n) is 3.17. The monoisotopic (exact) mass is 249 g/mol. The van der Waals surface area contributed by atoms with E-state index in [1.54, 1.807) is 24.3 Å². The molecule has 98 valence electrons. The quantitative estimate of drug-likeness (QED) is 0.811. The number of hydrogen-bond acceptors (Lipinski definition) is 4. The normalized spacial score (nSPS) is 18.6. The Kier molecular flexibility index (Phi) is 4.59. The molecule has 1 heterocycles. The molecule has 18 heavy (non-hydrogen) atoms. The molecule has 1 atom stereocenters. The lowest BCUT2D eigenvalue weighted by Crippen LogP contribution is -2.23. The molecule has 0 spiro atoms. The van der Waals surface area contributed by atoms with Gasteiger partial charge in [0.15, 0.2) is 0 Å². The molecular formula is C14H19NO3. The van der Waals surface area contributed by atoms with Crippen molar-refractivity contribution in [2.75, 3.05) is 20.3 Å². The molecule has 1 unspecified atom stereocenters. The van der Waals surface area contributed by atoms with E-state index >= 15 is 0 Å². The van der Waals surface area contributed by atoms with Crippen LogP contribution in [-0.4, -0.2) is 32.3 Å². The molecule has 1 aromatic carbocycles. The Morgan fingerprint density at radius 2 is 2.17 bits per heavy atom. The zero-order valence-electron chi connectivity index (χ0n) is 10.6. The van der Waals surface area contributed by atoms with Gasteiger partial charge >= 0.3 is 5.97 Å². The lowest BCUT2D eigenvalue weighted by atomic mass is 10.2. The number of hydrogen-bond donors (Lipinski definition) is 1. The van der Waals surface area contributed by atoms with Gasteiger partial charge in [-0.1, -0.05) is 0 Å². The second-order valence-corrected chi connectivity index (χ2v) is 4.45. The molecule has 0 bridgehead atoms. The number of esters is 1. The third-order valence-corrected chi connectivity index (χ3v) is 3.17. The van der Waals surface area contributed by atoms with E-state index in [2.05, 4.69) is 10.1 Å². The summed E-state index contributed by atoms with van der Waals surface area (Å²) in [6.45, 7) is 1.83. The molecule has 4 heteroatoms. The summed E-state index contributed by atoms with van der Waals surface area (Å²) in [5, 5.41) is 3.43. The zero-order valence-corrected chi connectivity index (χ0v) is 10.6. The first-order valence-corrected chi connectivity index (χ1v) is 6.34. The van der Waals surface area contributed by atoms with Gasteiger partial charge in [0.1, 0.15) is 5.75 Å². The molecule has 0 radical (unpaired) electrons. The van der Waals surface area contributed by atoms with E-state index in [4.69, 9.17) is 4.74 Å². The molecule has 0 aromatic heterocycles. The lowest BCUT2D eigenvalue weighted by Gasteiger charge is -2.11. The number of carbonyl (C=O) groups is 1. The van der Waals surface area contributed by atoms with Crippen molar-refractivity contribution in [3.63, 3.8) is 0 Å². The summed E-state index contributed by atoms with van der Waals surface area (Å²) in [6, 6.07) is 7.63. The van der Waals surface area contributed by atoms with Gasteiger partial charge in [-0.3, -0.25) is 0 Å². The van der Waals surface area contributed by atoms with Gasteiger partial charge in [-0.25, -0.2) is 4.79 Å². The van der Waals surface area contributed by atoms with Gasteiger partial charge in [0, 0.05) is 6.04 Å². The molecular weight excluding hydrogens is 230 g/mol. The Balaban J connectivity index is 1.77. The van der Waals surface area contributed by atoms with Crippen LogP contribution in [0.5, 0.6) is 5.75 Å². The predicted octanol–water partition coefficient (Wildman–Crippen LogP) is 1.99. The maximum absolute atomic E-state index is 11.2. The summed E-state index contributed by atoms with van der Waals surface area (Å²) in [7, 11) is 1.38. The predicted molar refractivity (Wildman–Crippen MR) is 68.9 cm³/mol. The van der Waals surface area contributed by atoms with Crippen LogP contribution in [0.3, 0.4) is 0 Å². The van der Waals surface area contributed by atoms with Crippen LogP contribution < -0.4 is 10.1 Å². The van der Waals surface area contributed by atoms with Gasteiger partial charge < -0.3 is 14.8 Å². The average Bonchev–Trinajstić information content (AvgIpc) is 2.92. The van der Waals surface area contributed by atoms with Gasteiger partial charge in [0.05, 0.1) is 19.3 Å². The fourth-order valence-electron chi connectivity index (χ4n) is 2.13. The second-order valence-electron chi connectivity index (χ2n) is 4.45. The molecule has 4 nitrogen and oxygen atoms in total. The van der Waals surface area contributed by atoms with Crippen LogP contribution in [-0.2, 0) is 4.74 Å². The summed E-state index contributed by atoms with van der Waals surface area (Å²) < 4.78 is 10.3. The van der Waals surface area contributed by atoms with E-state index in [1.165, 1.54) is 20.0 Å². The van der Waals surface area contributed by atoms with E-state index in [-0.39, 0.29) is 5.97 Å². The number of ether oxygens (including phenoxy) is 2. The van der Waals surface area contributed by atoms with Crippen molar-refractivity contribution in [1.82, 2.24) is 5.32 Å². The van der Waals surface area contributed by atoms with Crippen LogP contribution in [0.25, 0.3) is 0 Å². The molecule has 1 aliphatic heterocycles. The number of carbonyl (C=O) groups excluding carboxylic acids is 1. The van der Waals surface area contributed by atoms with E-state index in [9.17, 15) is 4.79 Å². The molecule has 0 saturated carbocycles. The standard InChI is InChI=1S/C14H19NO3/c1-17-14(16)11-4-6-13(7-5-11)18-10-8-12-3-2-9-15-12/h4-7,12,15H,2-3,8-10H2,1H3. The summed E-state index contributed by atoms with van der Waals surface area (Å²) in [4.78, 5) is 11.2. The number of rotatable bonds is 5. The molecule has 1 aromatic rings. The minimum absolute atomic E-state index is 0.322. The summed E-state index contributed by atoms with van der Waals surface area (Å²) in [5.74, 6) is 0.470. The van der Waals surface area contributed by atoms with Gasteiger partial charge in [-0.15, -0.1) is 0 Å². The van der Waals surface area contributed by atoms with Gasteiger partial charge in [0.2, 0.25) is 0 Å². The highest BCUT2D eigenvalue weighted by Crippen LogP contribution is 2.14. The van der Waals surface area contributed by atoms with Crippen LogP contribution in [0, 0.1) is 0 Å². The Labute approximate surface area is 107 Å². The maximum Gasteiger partial charge on any atom is 0.337 e. The van der Waals surface area contributed by atoms with Crippen LogP contribution in [0.1, 0.15) is 29.6 Å². The molecule has 0 aliphatic carbocycles. The van der Waals surface area contributed by atoms with Crippen molar-refractivity contribution in [3.8, 4) is 5.75 Å². The highest BCUT2D eigenvalue weighted by atomic mass is 16.5. The van der Waals surface area contributed by atoms with Crippen LogP contribution >= 0.6 is 0 Å². The molecule has 1 aliphatic rings. The smallest absolute Gasteiger partial charge is 0.337 e. The first-order chi connectivity index (χ1) is 8.79. The minimum atomic E-state index is -0.322. The summed E-state index contributed by atoms with van der Waals surface area (Å²) in [6.07, 6.45) is 3.53. The highest BCUT2D eigenvalue weighted by Gasteiger charge is 2.13. The van der Waals surface area contributed by atoms with Crippen LogP contribution in [0.2, 0.25) is 0 Å². The number of methoxy groups -OCH3 is 1. The van der Waals surface area contributed by atoms with E-state index in [0.29, 0.717) is 18.2 Å². The van der Waals surface area contributed by atoms with Gasteiger partial charge in [0.25, 0.3) is 0 Å². The fraction of sp³-hybridized carbons (Fsp3) is 0.500. The van der Waals surface area contributed by atoms with Crippen molar-refractivity contribution < 1.29 is 14.3 Å². The summed E-state index contributed by atoms with van der Waals surface area (Å²) in [5.41, 5.74) is 0.544. The van der Waals surface area contributed by atoms with Crippen molar-refractivity contribution >= 4 is 5.97 Å². The van der Waals surface area contributed by atoms with Crippen LogP contribution in [0.4, 0.5) is 0 Å². The summed E-state index contributed by atoms with van der Waals surface area (Å²) >= 11 is 0. The van der Waals surface area contributed by atoms with E-state index in [0.717, 1.165) is 18.7 Å². The second kappa shape index (κ2) is 6.40. The largest absolute Gasteiger partial charge is 0.494 e. The number of nitrogens with one attached hydrogen (secondary N) is 1. The topological polar surface area (TPSA) is 47.6 Å². The van der Waals surface area contributed by atoms with Crippen molar-refractivity contribution in [3.05, 3.63) is 29.8 Å². The molecule has 1 saturated heterocycles. The van der Waals surface area contributed by atoms with Crippen molar-refractivity contribution in [2.24, 2.45) is 0 Å². The van der Waals surface area contributed by atoms with Crippen molar-refractivity contribution in [1.29, 1.82) is 0 Å². The number of benzene rings is 1. The molecule has 2 rings (SSSR count). The average molecular weight is 249 g/mol. The Hall–Kier alpha value is -1.55. The Morgan fingerprint density at radius 3 is 2.78 bits per heavy atom. The Morgan fingerprint density at radius 1 is 1.39 bits per heavy atom. The lowest BCUT2D eigenvalue weighted by molar-refractivity contribution is 0.0600. The maximum atomic E-state index is 11.2. The van der Waals surface area contributed by atoms with Crippen molar-refractivity contribution in [2.45, 2.75) is 25.3 Å². The molecule has 0 amide bonds. The van der Waals surface area contributed by atoms with Crippen LogP contribution in [0.15, 0.2) is 24.3 Å². The first kappa shape index (κ1) is 12.9. The SMILES string of the molecule is COC(=O)c1ccc(OCCC2CCCN2)cc1. The highest BCUT2D eigenvalue weighted by molar-refractivity contribution is 5.89. The minimum Gasteiger partial charge on any atom is -0.494 e. The molecule has 1 N–H and O–H groups in total. The first-order valence-electron chi connectivity index (χ1n) is 6.34. The fourth-order valence-corrected chi connectivity index (χ4v) is 2.13. The van der Waals surface area contributed by atoms with E-state index < -0.39 is 0 Å². The van der Waals surface area contributed by atoms with Gasteiger partial charge in [-0.2, -0.15) is 0 Å². The van der Waals surface area contributed by atoms with Gasteiger partial charge in [-0.05, 0) is 50.1 Å². The Bertz CT molecular complexity index is 383. The third kappa shape index (κ3) is 3.47. The molecule has 1 fully saturated rings. The zero-order chi connectivity index (χ0) is 12.8.